The van der Waals surface area contributed by atoms with E-state index in [-0.39, 0.29) is 22.8 Å². The van der Waals surface area contributed by atoms with E-state index in [1.54, 1.807) is 12.1 Å². The van der Waals surface area contributed by atoms with Gasteiger partial charge in [0.15, 0.2) is 0 Å². The summed E-state index contributed by atoms with van der Waals surface area (Å²) >= 11 is 0. The first-order valence-corrected chi connectivity index (χ1v) is 11.2. The van der Waals surface area contributed by atoms with Gasteiger partial charge >= 0.3 is 0 Å². The van der Waals surface area contributed by atoms with Crippen LogP contribution in [0.5, 0.6) is 5.75 Å². The Balaban J connectivity index is 1.53. The molecule has 0 aliphatic rings. The molecule has 0 fully saturated rings. The molecule has 0 radical (unpaired) electrons. The molecule has 0 spiro atoms. The van der Waals surface area contributed by atoms with Gasteiger partial charge in [0.05, 0.1) is 11.6 Å². The summed E-state index contributed by atoms with van der Waals surface area (Å²) in [7, 11) is 0. The molecule has 4 aromatic rings. The molecule has 0 bridgehead atoms. The molecular formula is C28H30N2O3. The summed E-state index contributed by atoms with van der Waals surface area (Å²) < 4.78 is 0. The highest BCUT2D eigenvalue weighted by Crippen LogP contribution is 2.33. The molecule has 170 valence electrons. The number of phenolic OH excluding ortho intramolecular Hbond substituents is 1. The monoisotopic (exact) mass is 442 g/mol. The summed E-state index contributed by atoms with van der Waals surface area (Å²) in [6.07, 6.45) is 0.0439. The highest BCUT2D eigenvalue weighted by Gasteiger charge is 2.26. The summed E-state index contributed by atoms with van der Waals surface area (Å²) in [6, 6.07) is 27.2. The highest BCUT2D eigenvalue weighted by molar-refractivity contribution is 5.87. The molecule has 4 N–H and O–H groups in total. The predicted octanol–water partition coefficient (Wildman–Crippen LogP) is 4.86. The minimum Gasteiger partial charge on any atom is -0.506 e. The molecule has 0 aliphatic heterocycles. The van der Waals surface area contributed by atoms with Gasteiger partial charge in [0.1, 0.15) is 5.75 Å². The van der Waals surface area contributed by atoms with E-state index in [4.69, 9.17) is 0 Å². The molecule has 4 rings (SSSR count). The highest BCUT2D eigenvalue weighted by atomic mass is 16.3. The van der Waals surface area contributed by atoms with Crippen LogP contribution in [0.4, 0.5) is 0 Å². The van der Waals surface area contributed by atoms with Gasteiger partial charge in [-0.3, -0.25) is 4.79 Å². The fourth-order valence-electron chi connectivity index (χ4n) is 4.41. The van der Waals surface area contributed by atoms with Crippen LogP contribution >= 0.6 is 0 Å². The smallest absolute Gasteiger partial charge is 0.248 e. The molecule has 0 amide bonds. The van der Waals surface area contributed by atoms with Crippen molar-refractivity contribution >= 4 is 10.9 Å². The number of benzene rings is 3. The Hall–Kier alpha value is -3.41. The number of aromatic amines is 1. The number of hydrogen-bond donors (Lipinski definition) is 4. The van der Waals surface area contributed by atoms with Crippen LogP contribution in [-0.2, 0) is 0 Å². The van der Waals surface area contributed by atoms with Crippen molar-refractivity contribution in [2.75, 3.05) is 6.54 Å². The number of aromatic hydroxyl groups is 1. The maximum absolute atomic E-state index is 11.7. The Bertz CT molecular complexity index is 1230. The fraction of sp³-hybridized carbons (Fsp3) is 0.250. The van der Waals surface area contributed by atoms with Crippen molar-refractivity contribution in [3.05, 3.63) is 112 Å². The van der Waals surface area contributed by atoms with Crippen molar-refractivity contribution in [1.82, 2.24) is 10.3 Å². The molecule has 1 aromatic heterocycles. The van der Waals surface area contributed by atoms with E-state index >= 15 is 0 Å². The molecule has 0 saturated heterocycles. The van der Waals surface area contributed by atoms with Crippen LogP contribution in [0.1, 0.15) is 49.0 Å². The predicted molar refractivity (Wildman–Crippen MR) is 133 cm³/mol. The molecule has 1 unspecified atom stereocenters. The number of rotatable bonds is 8. The van der Waals surface area contributed by atoms with Gasteiger partial charge in [0, 0.05) is 29.5 Å². The number of β-amino-alcohol motifs (C(OH)–C–C–N with tert-alkyl or cyclic N) is 1. The number of aliphatic hydroxyl groups excluding tert-OH is 1. The van der Waals surface area contributed by atoms with Crippen LogP contribution in [0.15, 0.2) is 89.7 Å². The topological polar surface area (TPSA) is 85.3 Å². The summed E-state index contributed by atoms with van der Waals surface area (Å²) in [5.74, 6) is 0.201. The number of hydrogen-bond acceptors (Lipinski definition) is 4. The van der Waals surface area contributed by atoms with Crippen molar-refractivity contribution in [2.24, 2.45) is 0 Å². The third kappa shape index (κ3) is 5.33. The molecule has 3 aromatic carbocycles. The summed E-state index contributed by atoms with van der Waals surface area (Å²) in [5, 5.41) is 25.2. The van der Waals surface area contributed by atoms with Crippen LogP contribution < -0.4 is 10.9 Å². The summed E-state index contributed by atoms with van der Waals surface area (Å²) in [6.45, 7) is 4.62. The van der Waals surface area contributed by atoms with Crippen LogP contribution in [-0.4, -0.2) is 27.3 Å². The normalized spacial score (nSPS) is 12.8. The first-order chi connectivity index (χ1) is 15.8. The largest absolute Gasteiger partial charge is 0.506 e. The minimum absolute atomic E-state index is 0.0134. The lowest BCUT2D eigenvalue weighted by Crippen LogP contribution is -2.43. The summed E-state index contributed by atoms with van der Waals surface area (Å²) in [5.41, 5.74) is 2.95. The van der Waals surface area contributed by atoms with Crippen LogP contribution in [0.3, 0.4) is 0 Å². The quantitative estimate of drug-likeness (QED) is 0.314. The van der Waals surface area contributed by atoms with Crippen LogP contribution in [0.25, 0.3) is 10.9 Å². The lowest BCUT2D eigenvalue weighted by molar-refractivity contribution is 0.159. The SMILES string of the molecule is CC(C)(CC(c1ccccc1)c1ccccc1)NCC(O)c1ccc(O)c2[nH]c(=O)ccc12. The van der Waals surface area contributed by atoms with E-state index in [9.17, 15) is 15.0 Å². The molecule has 33 heavy (non-hydrogen) atoms. The van der Waals surface area contributed by atoms with E-state index in [0.717, 1.165) is 6.42 Å². The Kier molecular flexibility index (Phi) is 6.63. The van der Waals surface area contributed by atoms with Gasteiger partial charge in [-0.25, -0.2) is 0 Å². The van der Waals surface area contributed by atoms with E-state index in [2.05, 4.69) is 72.7 Å². The number of aliphatic hydroxyl groups is 1. The van der Waals surface area contributed by atoms with E-state index in [1.165, 1.54) is 23.3 Å². The lowest BCUT2D eigenvalue weighted by atomic mass is 9.81. The Morgan fingerprint density at radius 1 is 0.879 bits per heavy atom. The average molecular weight is 443 g/mol. The van der Waals surface area contributed by atoms with Gasteiger partial charge < -0.3 is 20.5 Å². The number of phenols is 1. The zero-order valence-electron chi connectivity index (χ0n) is 19.0. The van der Waals surface area contributed by atoms with Crippen molar-refractivity contribution in [3.63, 3.8) is 0 Å². The van der Waals surface area contributed by atoms with Gasteiger partial charge in [-0.05, 0) is 49.1 Å². The molecule has 1 heterocycles. The first kappa shape index (κ1) is 22.8. The van der Waals surface area contributed by atoms with E-state index in [0.29, 0.717) is 23.0 Å². The second-order valence-electron chi connectivity index (χ2n) is 9.14. The molecule has 5 heteroatoms. The number of aromatic nitrogens is 1. The van der Waals surface area contributed by atoms with E-state index in [1.807, 2.05) is 12.1 Å². The molecule has 5 nitrogen and oxygen atoms in total. The van der Waals surface area contributed by atoms with Gasteiger partial charge in [-0.2, -0.15) is 0 Å². The minimum atomic E-state index is -0.801. The van der Waals surface area contributed by atoms with Crippen molar-refractivity contribution < 1.29 is 10.2 Å². The standard InChI is InChI=1S/C28H30N2O3/c1-28(2,17-23(19-9-5-3-6-10-19)20-11-7-4-8-12-20)29-18-25(32)21-13-15-24(31)27-22(21)14-16-26(33)30-27/h3-16,23,25,29,31-32H,17-18H2,1-2H3,(H,30,33). The Morgan fingerprint density at radius 2 is 1.48 bits per heavy atom. The number of nitrogens with one attached hydrogen (secondary N) is 2. The molecule has 0 saturated carbocycles. The second kappa shape index (κ2) is 9.61. The van der Waals surface area contributed by atoms with Crippen molar-refractivity contribution in [2.45, 2.75) is 37.8 Å². The van der Waals surface area contributed by atoms with Crippen LogP contribution in [0.2, 0.25) is 0 Å². The second-order valence-corrected chi connectivity index (χ2v) is 9.14. The number of fused-ring (bicyclic) bond motifs is 1. The molecule has 0 aliphatic carbocycles. The maximum Gasteiger partial charge on any atom is 0.248 e. The molecule has 1 atom stereocenters. The Labute approximate surface area is 193 Å². The van der Waals surface area contributed by atoms with Gasteiger partial charge in [-0.15, -0.1) is 0 Å². The van der Waals surface area contributed by atoms with Crippen molar-refractivity contribution in [1.29, 1.82) is 0 Å². The van der Waals surface area contributed by atoms with Gasteiger partial charge in [0.2, 0.25) is 5.56 Å². The van der Waals surface area contributed by atoms with Crippen molar-refractivity contribution in [3.8, 4) is 5.75 Å². The first-order valence-electron chi connectivity index (χ1n) is 11.2. The van der Waals surface area contributed by atoms with Gasteiger partial charge in [-0.1, -0.05) is 66.7 Å². The third-order valence-corrected chi connectivity index (χ3v) is 6.16. The third-order valence-electron chi connectivity index (χ3n) is 6.16. The fourth-order valence-corrected chi connectivity index (χ4v) is 4.41. The summed E-state index contributed by atoms with van der Waals surface area (Å²) in [4.78, 5) is 14.3. The zero-order chi connectivity index (χ0) is 23.4. The number of H-pyrrole nitrogens is 1. The zero-order valence-corrected chi connectivity index (χ0v) is 19.0. The lowest BCUT2D eigenvalue weighted by Gasteiger charge is -2.33. The van der Waals surface area contributed by atoms with Gasteiger partial charge in [0.25, 0.3) is 0 Å². The number of pyridine rings is 1. The average Bonchev–Trinajstić information content (AvgIpc) is 2.83. The van der Waals surface area contributed by atoms with Crippen LogP contribution in [0, 0.1) is 0 Å². The Morgan fingerprint density at radius 3 is 2.09 bits per heavy atom. The maximum atomic E-state index is 11.7. The van der Waals surface area contributed by atoms with E-state index < -0.39 is 6.10 Å². The molecular weight excluding hydrogens is 412 g/mol.